The van der Waals surface area contributed by atoms with E-state index in [0.29, 0.717) is 12.4 Å². The molecule has 0 spiro atoms. The second-order valence-electron chi connectivity index (χ2n) is 8.08. The molecule has 4 aromatic rings. The molecule has 0 bridgehead atoms. The molecule has 0 fully saturated rings. The van der Waals surface area contributed by atoms with Crippen molar-refractivity contribution in [3.05, 3.63) is 71.4 Å². The lowest BCUT2D eigenvalue weighted by atomic mass is 10.1. The zero-order valence-electron chi connectivity index (χ0n) is 19.5. The molecule has 0 saturated heterocycles. The summed E-state index contributed by atoms with van der Waals surface area (Å²) in [5.74, 6) is 0.487. The van der Waals surface area contributed by atoms with Crippen LogP contribution in [0.1, 0.15) is 18.4 Å². The van der Waals surface area contributed by atoms with Gasteiger partial charge in [-0.15, -0.1) is 16.4 Å². The van der Waals surface area contributed by atoms with Crippen LogP contribution in [-0.2, 0) is 13.5 Å². The molecular weight excluding hydrogens is 465 g/mol. The lowest BCUT2D eigenvalue weighted by molar-refractivity contribution is 0.252. The molecule has 0 radical (unpaired) electrons. The zero-order valence-corrected chi connectivity index (χ0v) is 20.3. The Labute approximate surface area is 207 Å². The number of thiophene rings is 1. The van der Waals surface area contributed by atoms with Crippen molar-refractivity contribution in [2.24, 2.45) is 7.05 Å². The minimum atomic E-state index is -0.227. The average Bonchev–Trinajstić information content (AvgIpc) is 3.50. The Morgan fingerprint density at radius 2 is 1.89 bits per heavy atom. The van der Waals surface area contributed by atoms with Crippen LogP contribution in [0.2, 0.25) is 0 Å². The summed E-state index contributed by atoms with van der Waals surface area (Å²) in [6.07, 6.45) is 2.70. The summed E-state index contributed by atoms with van der Waals surface area (Å²) in [5, 5.41) is 23.0. The van der Waals surface area contributed by atoms with Crippen molar-refractivity contribution in [1.29, 1.82) is 0 Å². The number of carbonyl (C=O) groups excluding carboxylic acids is 1. The summed E-state index contributed by atoms with van der Waals surface area (Å²) >= 11 is 1.60. The Balaban J connectivity index is 1.17. The van der Waals surface area contributed by atoms with Crippen LogP contribution >= 0.6 is 11.3 Å². The molecule has 8 nitrogen and oxygen atoms in total. The predicted octanol–water partition coefficient (Wildman–Crippen LogP) is 4.48. The van der Waals surface area contributed by atoms with E-state index in [1.165, 1.54) is 12.1 Å². The summed E-state index contributed by atoms with van der Waals surface area (Å²) in [7, 11) is 1.81. The van der Waals surface area contributed by atoms with Gasteiger partial charge in [-0.3, -0.25) is 0 Å². The summed E-state index contributed by atoms with van der Waals surface area (Å²) in [5.41, 5.74) is 3.78. The molecule has 0 aliphatic heterocycles. The molecule has 4 rings (SSSR count). The minimum absolute atomic E-state index is 0.210. The fourth-order valence-electron chi connectivity index (χ4n) is 3.67. The highest BCUT2D eigenvalue weighted by Crippen LogP contribution is 2.36. The maximum absolute atomic E-state index is 12.9. The van der Waals surface area contributed by atoms with Crippen molar-refractivity contribution < 1.29 is 9.18 Å². The van der Waals surface area contributed by atoms with Crippen molar-refractivity contribution >= 4 is 23.1 Å². The highest BCUT2D eigenvalue weighted by Gasteiger charge is 2.14. The van der Waals surface area contributed by atoms with Crippen molar-refractivity contribution in [3.8, 4) is 21.8 Å². The molecule has 2 amide bonds. The molecule has 2 aromatic heterocycles. The van der Waals surface area contributed by atoms with Gasteiger partial charge in [0.25, 0.3) is 0 Å². The number of unbranched alkanes of at least 4 members (excludes halogenated alkanes) is 1. The number of amides is 2. The topological polar surface area (TPSA) is 96.8 Å². The van der Waals surface area contributed by atoms with Gasteiger partial charge >= 0.3 is 6.03 Å². The number of nitrogens with zero attached hydrogens (tertiary/aromatic N) is 4. The largest absolute Gasteiger partial charge is 0.338 e. The summed E-state index contributed by atoms with van der Waals surface area (Å²) < 4.78 is 14.6. The lowest BCUT2D eigenvalue weighted by Gasteiger charge is -2.10. The fourth-order valence-corrected chi connectivity index (χ4v) is 4.56. The van der Waals surface area contributed by atoms with Crippen molar-refractivity contribution in [2.45, 2.75) is 19.3 Å². The fraction of sp³-hybridized carbons (Fsp3) is 0.280. The second kappa shape index (κ2) is 12.2. The predicted molar refractivity (Wildman–Crippen MR) is 137 cm³/mol. The van der Waals surface area contributed by atoms with Crippen LogP contribution in [0, 0.1) is 5.82 Å². The SMILES string of the molecule is Cn1nnnc1-c1ccsc1-c1cccc(NC(=O)NCCCCNCCc2ccc(F)cc2)c1. The normalized spacial score (nSPS) is 10.9. The first-order chi connectivity index (χ1) is 17.1. The van der Waals surface area contributed by atoms with Crippen LogP contribution < -0.4 is 16.0 Å². The molecule has 10 heteroatoms. The smallest absolute Gasteiger partial charge is 0.319 e. The number of nitrogens with one attached hydrogen (secondary N) is 3. The van der Waals surface area contributed by atoms with Gasteiger partial charge in [-0.2, -0.15) is 0 Å². The number of tetrazole rings is 1. The van der Waals surface area contributed by atoms with Gasteiger partial charge < -0.3 is 16.0 Å². The Kier molecular flexibility index (Phi) is 8.53. The third-order valence-corrected chi connectivity index (χ3v) is 6.44. The number of aromatic nitrogens is 4. The first kappa shape index (κ1) is 24.5. The van der Waals surface area contributed by atoms with Gasteiger partial charge in [0, 0.05) is 29.7 Å². The Bertz CT molecular complexity index is 1240. The van der Waals surface area contributed by atoms with E-state index in [-0.39, 0.29) is 11.8 Å². The van der Waals surface area contributed by atoms with Crippen LogP contribution in [0.4, 0.5) is 14.9 Å². The molecule has 0 aliphatic carbocycles. The molecule has 2 aromatic carbocycles. The third-order valence-electron chi connectivity index (χ3n) is 5.48. The van der Waals surface area contributed by atoms with Gasteiger partial charge in [0.2, 0.25) is 0 Å². The first-order valence-electron chi connectivity index (χ1n) is 11.5. The molecular formula is C25H28FN7OS. The van der Waals surface area contributed by atoms with Crippen LogP contribution in [-0.4, -0.2) is 45.9 Å². The number of anilines is 1. The second-order valence-corrected chi connectivity index (χ2v) is 9.00. The van der Waals surface area contributed by atoms with E-state index in [1.807, 2.05) is 54.9 Å². The van der Waals surface area contributed by atoms with Crippen molar-refractivity contribution in [2.75, 3.05) is 25.0 Å². The zero-order chi connectivity index (χ0) is 24.5. The third kappa shape index (κ3) is 6.93. The van der Waals surface area contributed by atoms with Crippen LogP contribution in [0.15, 0.2) is 60.0 Å². The van der Waals surface area contributed by atoms with Crippen LogP contribution in [0.3, 0.4) is 0 Å². The number of carbonyl (C=O) groups is 1. The van der Waals surface area contributed by atoms with Gasteiger partial charge in [0.05, 0.1) is 0 Å². The van der Waals surface area contributed by atoms with Crippen LogP contribution in [0.5, 0.6) is 0 Å². The van der Waals surface area contributed by atoms with E-state index >= 15 is 0 Å². The van der Waals surface area contributed by atoms with E-state index in [4.69, 9.17) is 0 Å². The van der Waals surface area contributed by atoms with E-state index in [1.54, 1.807) is 16.0 Å². The van der Waals surface area contributed by atoms with Crippen molar-refractivity contribution in [3.63, 3.8) is 0 Å². The van der Waals surface area contributed by atoms with Gasteiger partial charge in [-0.25, -0.2) is 13.9 Å². The van der Waals surface area contributed by atoms with Crippen molar-refractivity contribution in [1.82, 2.24) is 30.8 Å². The first-order valence-corrected chi connectivity index (χ1v) is 12.4. The number of halogens is 1. The molecule has 35 heavy (non-hydrogen) atoms. The Hall–Kier alpha value is -3.63. The number of hydrogen-bond donors (Lipinski definition) is 3. The number of urea groups is 1. The van der Waals surface area contributed by atoms with Gasteiger partial charge in [-0.05, 0) is 89.6 Å². The highest BCUT2D eigenvalue weighted by atomic mass is 32.1. The maximum atomic E-state index is 12.9. The van der Waals surface area contributed by atoms with Crippen LogP contribution in [0.25, 0.3) is 21.8 Å². The van der Waals surface area contributed by atoms with E-state index < -0.39 is 0 Å². The molecule has 0 atom stereocenters. The Morgan fingerprint density at radius 3 is 2.69 bits per heavy atom. The van der Waals surface area contributed by atoms with E-state index in [9.17, 15) is 9.18 Å². The summed E-state index contributed by atoms with van der Waals surface area (Å²) in [6.45, 7) is 2.31. The van der Waals surface area contributed by atoms with Gasteiger partial charge in [0.1, 0.15) is 5.82 Å². The summed E-state index contributed by atoms with van der Waals surface area (Å²) in [4.78, 5) is 13.4. The summed E-state index contributed by atoms with van der Waals surface area (Å²) in [6, 6.07) is 16.1. The number of aryl methyl sites for hydroxylation is 1. The quantitative estimate of drug-likeness (QED) is 0.268. The molecule has 2 heterocycles. The molecule has 0 aliphatic rings. The van der Waals surface area contributed by atoms with E-state index in [0.717, 1.165) is 59.6 Å². The highest BCUT2D eigenvalue weighted by molar-refractivity contribution is 7.14. The monoisotopic (exact) mass is 493 g/mol. The molecule has 182 valence electrons. The maximum Gasteiger partial charge on any atom is 0.319 e. The number of benzene rings is 2. The lowest BCUT2D eigenvalue weighted by Crippen LogP contribution is -2.30. The number of rotatable bonds is 11. The molecule has 0 saturated carbocycles. The molecule has 3 N–H and O–H groups in total. The van der Waals surface area contributed by atoms with E-state index in [2.05, 4.69) is 31.5 Å². The number of hydrogen-bond acceptors (Lipinski definition) is 6. The standard InChI is InChI=1S/C25H28FN7OS/c1-33-24(30-31-32-33)22-12-16-35-23(22)19-5-4-6-21(17-19)29-25(34)28-14-3-2-13-27-15-11-18-7-9-20(26)10-8-18/h4-10,12,16-17,27H,2-3,11,13-15H2,1H3,(H2,28,29,34). The Morgan fingerprint density at radius 1 is 1.06 bits per heavy atom. The van der Waals surface area contributed by atoms with Gasteiger partial charge in [0.15, 0.2) is 5.82 Å². The minimum Gasteiger partial charge on any atom is -0.338 e. The molecule has 0 unspecified atom stereocenters. The van der Waals surface area contributed by atoms with Gasteiger partial charge in [-0.1, -0.05) is 24.3 Å². The average molecular weight is 494 g/mol.